The summed E-state index contributed by atoms with van der Waals surface area (Å²) in [7, 11) is 1.44. The number of nitrogens with two attached hydrogens (primary N) is 1. The number of benzene rings is 1. The summed E-state index contributed by atoms with van der Waals surface area (Å²) in [6, 6.07) is 4.19. The van der Waals surface area contributed by atoms with E-state index in [0.717, 1.165) is 36.3 Å². The normalized spacial score (nSPS) is 24.9. The Morgan fingerprint density at radius 3 is 2.78 bits per heavy atom. The molecule has 4 N–H and O–H groups in total. The number of carbonyl (C=O) groups excluding carboxylic acids is 1. The molecule has 1 aromatic carbocycles. The fraction of sp³-hybridized carbons (Fsp3) is 0.529. The molecule has 1 heterocycles. The second-order valence-corrected chi connectivity index (χ2v) is 7.12. The van der Waals surface area contributed by atoms with E-state index in [1.807, 2.05) is 12.1 Å². The van der Waals surface area contributed by atoms with Gasteiger partial charge in [-0.15, -0.1) is 0 Å². The van der Waals surface area contributed by atoms with Crippen LogP contribution in [0.2, 0.25) is 0 Å². The largest absolute Gasteiger partial charge is 0.469 e. The number of carbonyl (C=O) groups is 1. The first kappa shape index (κ1) is 15.6. The Kier molecular flexibility index (Phi) is 3.70. The molecule has 1 aromatic rings. The molecule has 0 saturated heterocycles. The number of fused-ring (bicyclic) bond motifs is 1. The summed E-state index contributed by atoms with van der Waals surface area (Å²) in [6.07, 6.45) is 2.91. The molecule has 124 valence electrons. The molecule has 6 heteroatoms. The Hall–Kier alpha value is -2.24. The molecule has 0 unspecified atom stereocenters. The van der Waals surface area contributed by atoms with Gasteiger partial charge in [-0.05, 0) is 38.8 Å². The Morgan fingerprint density at radius 1 is 1.48 bits per heavy atom. The van der Waals surface area contributed by atoms with E-state index in [2.05, 4.69) is 24.1 Å². The molecule has 3 rings (SSSR count). The number of nitrogen functional groups attached to an aromatic ring is 1. The molecular weight excluding hydrogens is 292 g/mol. The molecule has 2 aliphatic rings. The van der Waals surface area contributed by atoms with Gasteiger partial charge in [0, 0.05) is 35.6 Å². The lowest BCUT2D eigenvalue weighted by atomic mass is 9.78. The molecule has 0 atom stereocenters. The number of hydrogen-bond acceptors (Lipinski definition) is 6. The third kappa shape index (κ3) is 2.73. The molecule has 0 aromatic heterocycles. The lowest BCUT2D eigenvalue weighted by Crippen LogP contribution is -2.56. The second kappa shape index (κ2) is 5.44. The molecule has 1 fully saturated rings. The van der Waals surface area contributed by atoms with E-state index in [1.165, 1.54) is 13.3 Å². The van der Waals surface area contributed by atoms with Gasteiger partial charge >= 0.3 is 5.97 Å². The lowest BCUT2D eigenvalue weighted by molar-refractivity contribution is -0.148. The van der Waals surface area contributed by atoms with Gasteiger partial charge in [-0.25, -0.2) is 0 Å². The van der Waals surface area contributed by atoms with E-state index in [-0.39, 0.29) is 17.4 Å². The molecular formula is C17H24N4O2. The van der Waals surface area contributed by atoms with Crippen LogP contribution in [0.3, 0.4) is 0 Å². The molecule has 1 saturated carbocycles. The van der Waals surface area contributed by atoms with Crippen molar-refractivity contribution < 1.29 is 9.53 Å². The lowest BCUT2D eigenvalue weighted by Gasteiger charge is -2.50. The molecule has 1 aliphatic carbocycles. The van der Waals surface area contributed by atoms with E-state index in [9.17, 15) is 4.79 Å². The van der Waals surface area contributed by atoms with Crippen LogP contribution >= 0.6 is 0 Å². The van der Waals surface area contributed by atoms with Crippen LogP contribution in [-0.4, -0.2) is 37.4 Å². The minimum atomic E-state index is -0.116. The first-order valence-electron chi connectivity index (χ1n) is 7.91. The number of anilines is 3. The number of methoxy groups -OCH3 is 1. The number of nitrogens with one attached hydrogen (secondary N) is 2. The Bertz CT molecular complexity index is 650. The van der Waals surface area contributed by atoms with Crippen molar-refractivity contribution in [3.8, 4) is 0 Å². The van der Waals surface area contributed by atoms with Crippen molar-refractivity contribution >= 4 is 29.2 Å². The molecule has 0 amide bonds. The van der Waals surface area contributed by atoms with Crippen molar-refractivity contribution in [3.05, 3.63) is 17.7 Å². The van der Waals surface area contributed by atoms with E-state index < -0.39 is 0 Å². The minimum absolute atomic E-state index is 0.00430. The summed E-state index contributed by atoms with van der Waals surface area (Å²) in [5.41, 5.74) is 9.35. The van der Waals surface area contributed by atoms with Crippen molar-refractivity contribution in [2.45, 2.75) is 38.3 Å². The van der Waals surface area contributed by atoms with Gasteiger partial charge in [0.1, 0.15) is 0 Å². The standard InChI is InChI=1S/C17H24N4O2/c1-17(2)9-21(12-4-10(5-12)16(22)23-3)15-7-13(19)11(8-18)6-14(15)20-17/h6-8,10,12,18,20H,4-5,9,19H2,1-3H3. The van der Waals surface area contributed by atoms with E-state index >= 15 is 0 Å². The van der Waals surface area contributed by atoms with Crippen LogP contribution in [0.4, 0.5) is 17.1 Å². The minimum Gasteiger partial charge on any atom is -0.469 e. The van der Waals surface area contributed by atoms with Crippen molar-refractivity contribution in [2.75, 3.05) is 29.6 Å². The predicted octanol–water partition coefficient (Wildman–Crippen LogP) is 2.23. The number of esters is 1. The van der Waals surface area contributed by atoms with Crippen LogP contribution < -0.4 is 16.0 Å². The van der Waals surface area contributed by atoms with Gasteiger partial charge in [-0.3, -0.25) is 4.79 Å². The van der Waals surface area contributed by atoms with Gasteiger partial charge in [0.15, 0.2) is 0 Å². The summed E-state index contributed by atoms with van der Waals surface area (Å²) in [5.74, 6) is -0.112. The molecule has 23 heavy (non-hydrogen) atoms. The third-order valence-corrected chi connectivity index (χ3v) is 4.79. The van der Waals surface area contributed by atoms with Crippen LogP contribution in [0.15, 0.2) is 12.1 Å². The van der Waals surface area contributed by atoms with Crippen LogP contribution in [0.5, 0.6) is 0 Å². The van der Waals surface area contributed by atoms with Gasteiger partial charge in [0.2, 0.25) is 0 Å². The number of nitrogens with zero attached hydrogens (tertiary/aromatic N) is 1. The summed E-state index contributed by atoms with van der Waals surface area (Å²) in [4.78, 5) is 14.0. The molecule has 0 bridgehead atoms. The highest BCUT2D eigenvalue weighted by Gasteiger charge is 2.42. The van der Waals surface area contributed by atoms with Gasteiger partial charge in [0.25, 0.3) is 0 Å². The third-order valence-electron chi connectivity index (χ3n) is 4.79. The van der Waals surface area contributed by atoms with Crippen LogP contribution in [-0.2, 0) is 9.53 Å². The highest BCUT2D eigenvalue weighted by Crippen LogP contribution is 2.43. The van der Waals surface area contributed by atoms with Crippen molar-refractivity contribution in [1.82, 2.24) is 0 Å². The first-order chi connectivity index (χ1) is 10.8. The number of hydrogen-bond donors (Lipinski definition) is 3. The zero-order chi connectivity index (χ0) is 16.8. The van der Waals surface area contributed by atoms with Crippen molar-refractivity contribution in [2.24, 2.45) is 5.92 Å². The topological polar surface area (TPSA) is 91.4 Å². The maximum atomic E-state index is 11.6. The molecule has 0 radical (unpaired) electrons. The summed E-state index contributed by atoms with van der Waals surface area (Å²) in [6.45, 7) is 5.15. The average molecular weight is 316 g/mol. The van der Waals surface area contributed by atoms with E-state index in [1.54, 1.807) is 0 Å². The Labute approximate surface area is 136 Å². The van der Waals surface area contributed by atoms with Crippen LogP contribution in [0.1, 0.15) is 32.3 Å². The van der Waals surface area contributed by atoms with Gasteiger partial charge in [-0.1, -0.05) is 0 Å². The SMILES string of the molecule is COC(=O)C1CC(N2CC(C)(C)Nc3cc(C=N)c(N)cc32)C1. The maximum absolute atomic E-state index is 11.6. The fourth-order valence-corrected chi connectivity index (χ4v) is 3.53. The van der Waals surface area contributed by atoms with Gasteiger partial charge in [0.05, 0.1) is 24.4 Å². The smallest absolute Gasteiger partial charge is 0.308 e. The van der Waals surface area contributed by atoms with E-state index in [4.69, 9.17) is 15.9 Å². The number of rotatable bonds is 3. The van der Waals surface area contributed by atoms with Crippen molar-refractivity contribution in [3.63, 3.8) is 0 Å². The molecule has 0 spiro atoms. The summed E-state index contributed by atoms with van der Waals surface area (Å²) >= 11 is 0. The Balaban J connectivity index is 1.89. The Morgan fingerprint density at radius 2 is 2.17 bits per heavy atom. The number of ether oxygens (including phenoxy) is 1. The fourth-order valence-electron chi connectivity index (χ4n) is 3.53. The van der Waals surface area contributed by atoms with Gasteiger partial charge in [-0.2, -0.15) is 0 Å². The van der Waals surface area contributed by atoms with Crippen molar-refractivity contribution in [1.29, 1.82) is 5.41 Å². The van der Waals surface area contributed by atoms with E-state index in [0.29, 0.717) is 11.7 Å². The highest BCUT2D eigenvalue weighted by atomic mass is 16.5. The second-order valence-electron chi connectivity index (χ2n) is 7.12. The maximum Gasteiger partial charge on any atom is 0.308 e. The quantitative estimate of drug-likeness (QED) is 0.452. The monoisotopic (exact) mass is 316 g/mol. The van der Waals surface area contributed by atoms with Crippen LogP contribution in [0.25, 0.3) is 0 Å². The molecule has 6 nitrogen and oxygen atoms in total. The summed E-state index contributed by atoms with van der Waals surface area (Å²) < 4.78 is 4.83. The average Bonchev–Trinajstić information content (AvgIpc) is 2.44. The first-order valence-corrected chi connectivity index (χ1v) is 7.91. The highest BCUT2D eigenvalue weighted by molar-refractivity contribution is 5.92. The summed E-state index contributed by atoms with van der Waals surface area (Å²) in [5, 5.41) is 11.0. The van der Waals surface area contributed by atoms with Gasteiger partial charge < -0.3 is 26.1 Å². The van der Waals surface area contributed by atoms with Crippen LogP contribution in [0, 0.1) is 11.3 Å². The predicted molar refractivity (Wildman–Crippen MR) is 92.3 cm³/mol. The zero-order valence-electron chi connectivity index (χ0n) is 13.8. The molecule has 1 aliphatic heterocycles. The zero-order valence-corrected chi connectivity index (χ0v) is 13.8.